The molecule has 0 saturated carbocycles. The molecule has 0 amide bonds. The minimum Gasteiger partial charge on any atom is -0.465 e. The Kier molecular flexibility index (Phi) is 5.78. The van der Waals surface area contributed by atoms with Crippen LogP contribution in [0.3, 0.4) is 0 Å². The third-order valence-electron chi connectivity index (χ3n) is 3.12. The van der Waals surface area contributed by atoms with E-state index in [4.69, 9.17) is 10.5 Å². The Labute approximate surface area is 126 Å². The fourth-order valence-corrected chi connectivity index (χ4v) is 2.55. The topological polar surface area (TPSA) is 86.5 Å². The SMILES string of the molecule is CC(C)(C)S(=O)(=O)CCOC(=O)CCc1cccc(N)c1. The van der Waals surface area contributed by atoms with Crippen molar-refractivity contribution < 1.29 is 17.9 Å². The van der Waals surface area contributed by atoms with Gasteiger partial charge in [0.05, 0.1) is 10.5 Å². The first-order valence-electron chi connectivity index (χ1n) is 6.84. The predicted octanol–water partition coefficient (Wildman–Crippen LogP) is 1.96. The van der Waals surface area contributed by atoms with Crippen LogP contribution in [0.4, 0.5) is 5.69 Å². The Morgan fingerprint density at radius 3 is 2.52 bits per heavy atom. The van der Waals surface area contributed by atoms with E-state index in [9.17, 15) is 13.2 Å². The number of hydrogen-bond acceptors (Lipinski definition) is 5. The van der Waals surface area contributed by atoms with Gasteiger partial charge in [-0.05, 0) is 44.9 Å². The lowest BCUT2D eigenvalue weighted by atomic mass is 10.1. The fraction of sp³-hybridized carbons (Fsp3) is 0.533. The van der Waals surface area contributed by atoms with E-state index < -0.39 is 20.6 Å². The Balaban J connectivity index is 2.36. The summed E-state index contributed by atoms with van der Waals surface area (Å²) in [6, 6.07) is 7.29. The maximum atomic E-state index is 11.8. The van der Waals surface area contributed by atoms with Crippen molar-refractivity contribution in [2.75, 3.05) is 18.1 Å². The number of hydrogen-bond donors (Lipinski definition) is 1. The van der Waals surface area contributed by atoms with Gasteiger partial charge in [-0.2, -0.15) is 0 Å². The van der Waals surface area contributed by atoms with Crippen LogP contribution in [0.2, 0.25) is 0 Å². The highest BCUT2D eigenvalue weighted by Gasteiger charge is 2.28. The first-order chi connectivity index (χ1) is 9.62. The summed E-state index contributed by atoms with van der Waals surface area (Å²) in [6.07, 6.45) is 0.731. The second-order valence-electron chi connectivity index (χ2n) is 5.90. The van der Waals surface area contributed by atoms with Crippen LogP contribution in [-0.2, 0) is 25.8 Å². The van der Waals surface area contributed by atoms with Gasteiger partial charge in [0.1, 0.15) is 6.61 Å². The summed E-state index contributed by atoms with van der Waals surface area (Å²) in [7, 11) is -3.26. The molecule has 1 aromatic rings. The summed E-state index contributed by atoms with van der Waals surface area (Å²) >= 11 is 0. The van der Waals surface area contributed by atoms with E-state index in [1.807, 2.05) is 12.1 Å². The highest BCUT2D eigenvalue weighted by atomic mass is 32.2. The van der Waals surface area contributed by atoms with Crippen molar-refractivity contribution >= 4 is 21.5 Å². The number of carbonyl (C=O) groups excluding carboxylic acids is 1. The van der Waals surface area contributed by atoms with Crippen LogP contribution < -0.4 is 5.73 Å². The zero-order valence-corrected chi connectivity index (χ0v) is 13.6. The van der Waals surface area contributed by atoms with E-state index in [-0.39, 0.29) is 18.8 Å². The quantitative estimate of drug-likeness (QED) is 0.641. The van der Waals surface area contributed by atoms with Crippen molar-refractivity contribution in [1.29, 1.82) is 0 Å². The molecular weight excluding hydrogens is 290 g/mol. The van der Waals surface area contributed by atoms with Crippen LogP contribution in [0.15, 0.2) is 24.3 Å². The van der Waals surface area contributed by atoms with Gasteiger partial charge < -0.3 is 10.5 Å². The average molecular weight is 313 g/mol. The van der Waals surface area contributed by atoms with Gasteiger partial charge in [0.2, 0.25) is 0 Å². The Hall–Kier alpha value is -1.56. The normalized spacial score (nSPS) is 12.1. The van der Waals surface area contributed by atoms with Gasteiger partial charge in [-0.25, -0.2) is 8.42 Å². The highest BCUT2D eigenvalue weighted by Crippen LogP contribution is 2.15. The van der Waals surface area contributed by atoms with E-state index in [0.717, 1.165) is 5.56 Å². The van der Waals surface area contributed by atoms with Gasteiger partial charge in [0.25, 0.3) is 0 Å². The largest absolute Gasteiger partial charge is 0.465 e. The number of nitrogen functional groups attached to an aromatic ring is 1. The van der Waals surface area contributed by atoms with Crippen LogP contribution >= 0.6 is 0 Å². The Bertz CT molecular complexity index is 588. The van der Waals surface area contributed by atoms with Gasteiger partial charge in [0, 0.05) is 12.1 Å². The lowest BCUT2D eigenvalue weighted by Crippen LogP contribution is -2.32. The minimum atomic E-state index is -3.26. The number of sulfone groups is 1. The van der Waals surface area contributed by atoms with Crippen LogP contribution in [0.5, 0.6) is 0 Å². The van der Waals surface area contributed by atoms with E-state index in [1.165, 1.54) is 0 Å². The smallest absolute Gasteiger partial charge is 0.306 e. The lowest BCUT2D eigenvalue weighted by Gasteiger charge is -2.18. The molecule has 21 heavy (non-hydrogen) atoms. The van der Waals surface area contributed by atoms with Crippen molar-refractivity contribution in [3.63, 3.8) is 0 Å². The van der Waals surface area contributed by atoms with Crippen molar-refractivity contribution in [3.05, 3.63) is 29.8 Å². The number of esters is 1. The predicted molar refractivity (Wildman–Crippen MR) is 83.7 cm³/mol. The zero-order valence-electron chi connectivity index (χ0n) is 12.8. The second-order valence-corrected chi connectivity index (χ2v) is 8.76. The van der Waals surface area contributed by atoms with Gasteiger partial charge >= 0.3 is 5.97 Å². The first-order valence-corrected chi connectivity index (χ1v) is 8.49. The van der Waals surface area contributed by atoms with E-state index in [1.54, 1.807) is 32.9 Å². The molecule has 0 atom stereocenters. The maximum Gasteiger partial charge on any atom is 0.306 e. The molecule has 0 aliphatic heterocycles. The van der Waals surface area contributed by atoms with Crippen LogP contribution in [0, 0.1) is 0 Å². The standard InChI is InChI=1S/C15H23NO4S/c1-15(2,3)21(18,19)10-9-20-14(17)8-7-12-5-4-6-13(16)11-12/h4-6,11H,7-10,16H2,1-3H3. The molecule has 0 bridgehead atoms. The van der Waals surface area contributed by atoms with Crippen molar-refractivity contribution in [2.45, 2.75) is 38.4 Å². The molecule has 0 aliphatic carbocycles. The molecule has 0 saturated heterocycles. The van der Waals surface area contributed by atoms with E-state index in [2.05, 4.69) is 0 Å². The number of anilines is 1. The third kappa shape index (κ3) is 5.75. The summed E-state index contributed by atoms with van der Waals surface area (Å²) in [5.74, 6) is -0.554. The number of carbonyl (C=O) groups is 1. The van der Waals surface area contributed by atoms with Crippen molar-refractivity contribution in [3.8, 4) is 0 Å². The number of nitrogens with two attached hydrogens (primary N) is 1. The van der Waals surface area contributed by atoms with Gasteiger partial charge in [0.15, 0.2) is 9.84 Å². The molecule has 0 spiro atoms. The molecule has 5 nitrogen and oxygen atoms in total. The Morgan fingerprint density at radius 2 is 1.95 bits per heavy atom. The van der Waals surface area contributed by atoms with Crippen molar-refractivity contribution in [1.82, 2.24) is 0 Å². The van der Waals surface area contributed by atoms with Gasteiger partial charge in [-0.1, -0.05) is 12.1 Å². The summed E-state index contributed by atoms with van der Waals surface area (Å²) in [5, 5.41) is 0. The van der Waals surface area contributed by atoms with Gasteiger partial charge in [-0.3, -0.25) is 4.79 Å². The van der Waals surface area contributed by atoms with Crippen LogP contribution in [0.1, 0.15) is 32.8 Å². The minimum absolute atomic E-state index is 0.102. The molecule has 0 fully saturated rings. The fourth-order valence-electron chi connectivity index (χ4n) is 1.64. The molecule has 0 unspecified atom stereocenters. The highest BCUT2D eigenvalue weighted by molar-refractivity contribution is 7.92. The summed E-state index contributed by atoms with van der Waals surface area (Å²) in [4.78, 5) is 11.6. The molecule has 2 N–H and O–H groups in total. The van der Waals surface area contributed by atoms with Crippen molar-refractivity contribution in [2.24, 2.45) is 0 Å². The molecule has 0 radical (unpaired) electrons. The molecule has 0 aliphatic rings. The van der Waals surface area contributed by atoms with E-state index in [0.29, 0.717) is 12.1 Å². The molecule has 6 heteroatoms. The lowest BCUT2D eigenvalue weighted by molar-refractivity contribution is -0.142. The number of aryl methyl sites for hydroxylation is 1. The molecule has 1 aromatic carbocycles. The van der Waals surface area contributed by atoms with Crippen LogP contribution in [-0.4, -0.2) is 31.5 Å². The van der Waals surface area contributed by atoms with E-state index >= 15 is 0 Å². The van der Waals surface area contributed by atoms with Crippen LogP contribution in [0.25, 0.3) is 0 Å². The third-order valence-corrected chi connectivity index (χ3v) is 5.69. The average Bonchev–Trinajstić information content (AvgIpc) is 2.35. The first kappa shape index (κ1) is 17.5. The number of ether oxygens (including phenoxy) is 1. The van der Waals surface area contributed by atoms with Gasteiger partial charge in [-0.15, -0.1) is 0 Å². The Morgan fingerprint density at radius 1 is 1.29 bits per heavy atom. The zero-order chi connectivity index (χ0) is 16.1. The molecular formula is C15H23NO4S. The maximum absolute atomic E-state index is 11.8. The summed E-state index contributed by atoms with van der Waals surface area (Å²) < 4.78 is 27.8. The number of benzene rings is 1. The molecule has 118 valence electrons. The summed E-state index contributed by atoms with van der Waals surface area (Å²) in [5.41, 5.74) is 7.25. The second kappa shape index (κ2) is 6.93. The molecule has 1 rings (SSSR count). The molecule has 0 aromatic heterocycles. The number of rotatable bonds is 6. The summed E-state index contributed by atoms with van der Waals surface area (Å²) in [6.45, 7) is 4.78. The monoisotopic (exact) mass is 313 g/mol. The molecule has 0 heterocycles.